The topological polar surface area (TPSA) is 82.6 Å². The summed E-state index contributed by atoms with van der Waals surface area (Å²) in [6, 6.07) is 22.0. The molecule has 2 heterocycles. The van der Waals surface area contributed by atoms with Crippen LogP contribution < -0.4 is 9.64 Å². The number of hydrogen-bond acceptors (Lipinski definition) is 4. The van der Waals surface area contributed by atoms with Crippen molar-refractivity contribution in [2.75, 3.05) is 18.6 Å². The van der Waals surface area contributed by atoms with Gasteiger partial charge in [-0.15, -0.1) is 0 Å². The second-order valence-corrected chi connectivity index (χ2v) is 9.38. The monoisotopic (exact) mass is 458 g/mol. The van der Waals surface area contributed by atoms with Gasteiger partial charge in [-0.25, -0.2) is 0 Å². The second kappa shape index (κ2) is 8.47. The molecule has 0 aliphatic carbocycles. The molecule has 0 saturated carbocycles. The Bertz CT molecular complexity index is 1370. The van der Waals surface area contributed by atoms with Gasteiger partial charge in [-0.05, 0) is 36.2 Å². The van der Waals surface area contributed by atoms with Gasteiger partial charge in [0.1, 0.15) is 5.75 Å². The van der Waals surface area contributed by atoms with Crippen molar-refractivity contribution in [1.82, 2.24) is 4.98 Å². The average molecular weight is 458 g/mol. The third kappa shape index (κ3) is 3.62. The molecule has 0 saturated heterocycles. The van der Waals surface area contributed by atoms with E-state index in [1.165, 1.54) is 7.11 Å². The largest absolute Gasteiger partial charge is 0.496 e. The number of ether oxygens (including phenoxy) is 1. The Morgan fingerprint density at radius 1 is 1.06 bits per heavy atom. The van der Waals surface area contributed by atoms with E-state index in [0.29, 0.717) is 35.5 Å². The predicted molar refractivity (Wildman–Crippen MR) is 130 cm³/mol. The lowest BCUT2D eigenvalue weighted by molar-refractivity contribution is -0.128. The normalized spacial score (nSPS) is 17.8. The zero-order chi connectivity index (χ0) is 23.0. The molecule has 0 fully saturated rings. The number of aliphatic hydroxyl groups is 1. The number of benzene rings is 3. The Balaban J connectivity index is 1.43. The van der Waals surface area contributed by atoms with Crippen LogP contribution in [0.2, 0.25) is 0 Å². The molecule has 1 amide bonds. The molecular formula is C26H23N2O4P. The summed E-state index contributed by atoms with van der Waals surface area (Å²) in [6.07, 6.45) is 2.57. The van der Waals surface area contributed by atoms with E-state index in [4.69, 9.17) is 4.74 Å². The van der Waals surface area contributed by atoms with Crippen LogP contribution in [0.1, 0.15) is 21.5 Å². The molecule has 3 aromatic carbocycles. The van der Waals surface area contributed by atoms with E-state index >= 15 is 0 Å². The van der Waals surface area contributed by atoms with Crippen molar-refractivity contribution < 1.29 is 19.4 Å². The van der Waals surface area contributed by atoms with Crippen molar-refractivity contribution >= 4 is 36.6 Å². The standard InChI is InChI=1S/C26H23N2O4P/c1-32-23-13-7-3-9-19(23)24(29)33-26(31)20-10-4-6-12-22(20)28(25(26)30)15-14-17-16-27-21-11-5-2-8-18(17)21/h2-13,16,27,31,33H,14-15H2,1H3. The van der Waals surface area contributed by atoms with Gasteiger partial charge in [0.15, 0.2) is 10.9 Å². The van der Waals surface area contributed by atoms with Crippen LogP contribution >= 0.6 is 8.58 Å². The van der Waals surface area contributed by atoms with Crippen LogP contribution in [0, 0.1) is 0 Å². The minimum Gasteiger partial charge on any atom is -0.496 e. The van der Waals surface area contributed by atoms with Crippen molar-refractivity contribution in [3.8, 4) is 5.75 Å². The summed E-state index contributed by atoms with van der Waals surface area (Å²) in [5.74, 6) is -0.0429. The molecule has 1 aliphatic rings. The molecule has 33 heavy (non-hydrogen) atoms. The average Bonchev–Trinajstić information content (AvgIpc) is 3.35. The summed E-state index contributed by atoms with van der Waals surface area (Å²) in [4.78, 5) is 31.5. The maximum atomic E-state index is 13.5. The number of amides is 1. The summed E-state index contributed by atoms with van der Waals surface area (Å²) >= 11 is 0. The van der Waals surface area contributed by atoms with Gasteiger partial charge in [-0.3, -0.25) is 9.59 Å². The number of methoxy groups -OCH3 is 1. The Kier molecular flexibility index (Phi) is 5.49. The van der Waals surface area contributed by atoms with E-state index in [1.54, 1.807) is 41.3 Å². The van der Waals surface area contributed by atoms with Crippen LogP contribution in [-0.2, 0) is 16.6 Å². The number of H-pyrrole nitrogens is 1. The van der Waals surface area contributed by atoms with Crippen molar-refractivity contribution in [1.29, 1.82) is 0 Å². The summed E-state index contributed by atoms with van der Waals surface area (Å²) < 4.78 is 5.30. The van der Waals surface area contributed by atoms with Gasteiger partial charge < -0.3 is 19.7 Å². The highest BCUT2D eigenvalue weighted by atomic mass is 31.1. The van der Waals surface area contributed by atoms with Gasteiger partial charge in [0.25, 0.3) is 5.91 Å². The van der Waals surface area contributed by atoms with Gasteiger partial charge in [-0.2, -0.15) is 0 Å². The van der Waals surface area contributed by atoms with E-state index < -0.39 is 19.8 Å². The SMILES string of the molecule is COc1ccccc1C(=O)PC1(O)C(=O)N(CCc2c[nH]c3ccccc23)c2ccccc21. The molecule has 5 rings (SSSR count). The van der Waals surface area contributed by atoms with E-state index in [2.05, 4.69) is 4.98 Å². The minimum atomic E-state index is -1.89. The highest BCUT2D eigenvalue weighted by Crippen LogP contribution is 2.51. The number of anilines is 1. The van der Waals surface area contributed by atoms with Crippen molar-refractivity contribution in [2.24, 2.45) is 0 Å². The van der Waals surface area contributed by atoms with E-state index in [1.807, 2.05) is 42.6 Å². The molecule has 1 aliphatic heterocycles. The summed E-state index contributed by atoms with van der Waals surface area (Å²) in [5.41, 5.74) is 3.28. The number of carbonyl (C=O) groups is 2. The highest BCUT2D eigenvalue weighted by Gasteiger charge is 2.51. The maximum absolute atomic E-state index is 13.5. The lowest BCUT2D eigenvalue weighted by atomic mass is 10.1. The Morgan fingerprint density at radius 3 is 2.64 bits per heavy atom. The zero-order valence-corrected chi connectivity index (χ0v) is 19.0. The van der Waals surface area contributed by atoms with Crippen LogP contribution in [-0.4, -0.2) is 35.2 Å². The first-order valence-corrected chi connectivity index (χ1v) is 11.7. The second-order valence-electron chi connectivity index (χ2n) is 7.95. The number of aromatic amines is 1. The fourth-order valence-corrected chi connectivity index (χ4v) is 5.67. The van der Waals surface area contributed by atoms with Gasteiger partial charge in [-0.1, -0.05) is 48.5 Å². The summed E-state index contributed by atoms with van der Waals surface area (Å²) in [7, 11) is 0.816. The van der Waals surface area contributed by atoms with Crippen molar-refractivity contribution in [3.05, 3.63) is 95.7 Å². The molecule has 0 bridgehead atoms. The van der Waals surface area contributed by atoms with Crippen LogP contribution in [0.25, 0.3) is 10.9 Å². The molecular weight excluding hydrogens is 435 g/mol. The van der Waals surface area contributed by atoms with Crippen molar-refractivity contribution in [3.63, 3.8) is 0 Å². The molecule has 2 atom stereocenters. The Hall–Kier alpha value is -3.47. The Morgan fingerprint density at radius 2 is 1.79 bits per heavy atom. The molecule has 0 spiro atoms. The first-order chi connectivity index (χ1) is 16.0. The lowest BCUT2D eigenvalue weighted by Gasteiger charge is -2.23. The molecule has 7 heteroatoms. The molecule has 2 N–H and O–H groups in total. The van der Waals surface area contributed by atoms with Gasteiger partial charge >= 0.3 is 0 Å². The first-order valence-electron chi connectivity index (χ1n) is 10.7. The number of nitrogens with zero attached hydrogens (tertiary/aromatic N) is 1. The van der Waals surface area contributed by atoms with Gasteiger partial charge in [0.2, 0.25) is 0 Å². The lowest BCUT2D eigenvalue weighted by Crippen LogP contribution is -2.39. The smallest absolute Gasteiger partial charge is 0.268 e. The van der Waals surface area contributed by atoms with Gasteiger partial charge in [0, 0.05) is 37.8 Å². The number of carbonyl (C=O) groups excluding carboxylic acids is 2. The highest BCUT2D eigenvalue weighted by molar-refractivity contribution is 7.60. The van der Waals surface area contributed by atoms with Gasteiger partial charge in [0.05, 0.1) is 18.4 Å². The minimum absolute atomic E-state index is 0.323. The first kappa shape index (κ1) is 21.4. The number of rotatable bonds is 7. The van der Waals surface area contributed by atoms with Crippen molar-refractivity contribution in [2.45, 2.75) is 11.8 Å². The fourth-order valence-electron chi connectivity index (χ4n) is 4.41. The summed E-state index contributed by atoms with van der Waals surface area (Å²) in [6.45, 7) is 0.396. The quantitative estimate of drug-likeness (QED) is 0.402. The molecule has 1 aromatic heterocycles. The summed E-state index contributed by atoms with van der Waals surface area (Å²) in [5, 5.41) is 10.8. The molecule has 166 valence electrons. The maximum Gasteiger partial charge on any atom is 0.268 e. The third-order valence-electron chi connectivity index (χ3n) is 6.06. The van der Waals surface area contributed by atoms with Crippen LogP contribution in [0.3, 0.4) is 0 Å². The fraction of sp³-hybridized carbons (Fsp3) is 0.154. The van der Waals surface area contributed by atoms with E-state index in [0.717, 1.165) is 16.5 Å². The number of nitrogens with one attached hydrogen (secondary N) is 1. The number of hydrogen-bond donors (Lipinski definition) is 2. The van der Waals surface area contributed by atoms with E-state index in [9.17, 15) is 14.7 Å². The zero-order valence-electron chi connectivity index (χ0n) is 18.0. The third-order valence-corrected chi connectivity index (χ3v) is 7.41. The van der Waals surface area contributed by atoms with Crippen LogP contribution in [0.5, 0.6) is 5.75 Å². The molecule has 6 nitrogen and oxygen atoms in total. The predicted octanol–water partition coefficient (Wildman–Crippen LogP) is 4.43. The number of fused-ring (bicyclic) bond motifs is 2. The van der Waals surface area contributed by atoms with Crippen LogP contribution in [0.4, 0.5) is 5.69 Å². The molecule has 4 aromatic rings. The Labute approximate surface area is 193 Å². The molecule has 2 unspecified atom stereocenters. The number of aromatic nitrogens is 1. The number of para-hydroxylation sites is 3. The van der Waals surface area contributed by atoms with Crippen LogP contribution in [0.15, 0.2) is 79.0 Å². The molecule has 0 radical (unpaired) electrons. The van der Waals surface area contributed by atoms with E-state index in [-0.39, 0.29) is 5.52 Å².